The van der Waals surface area contributed by atoms with E-state index in [1.807, 2.05) is 28.4 Å². The van der Waals surface area contributed by atoms with Crippen molar-refractivity contribution in [3.63, 3.8) is 0 Å². The standard InChI is InChI=1S/C17H20N2O2S/c20-17(18-7-5-16-13(10-18)6-9-22-16)12-19(14-3-4-14)11-15-2-1-8-21-15/h1-2,6,8-9,14H,3-5,7,10-12H2. The summed E-state index contributed by atoms with van der Waals surface area (Å²) in [5, 5.41) is 2.13. The quantitative estimate of drug-likeness (QED) is 0.851. The van der Waals surface area contributed by atoms with Crippen molar-refractivity contribution in [3.05, 3.63) is 46.0 Å². The molecule has 4 nitrogen and oxygen atoms in total. The fourth-order valence-corrected chi connectivity index (χ4v) is 3.98. The Bertz CT molecular complexity index is 645. The molecule has 1 amide bonds. The second-order valence-electron chi connectivity index (χ2n) is 6.15. The molecule has 116 valence electrons. The summed E-state index contributed by atoms with van der Waals surface area (Å²) in [5.41, 5.74) is 1.33. The molecule has 0 saturated heterocycles. The molecule has 0 atom stereocenters. The summed E-state index contributed by atoms with van der Waals surface area (Å²) in [7, 11) is 0. The Hall–Kier alpha value is -1.59. The fourth-order valence-electron chi connectivity index (χ4n) is 3.09. The topological polar surface area (TPSA) is 36.7 Å². The summed E-state index contributed by atoms with van der Waals surface area (Å²) in [6.07, 6.45) is 5.09. The van der Waals surface area contributed by atoms with Gasteiger partial charge in [0.1, 0.15) is 5.76 Å². The number of carbonyl (C=O) groups is 1. The lowest BCUT2D eigenvalue weighted by atomic mass is 10.1. The molecule has 1 fully saturated rings. The van der Waals surface area contributed by atoms with Crippen LogP contribution in [0.15, 0.2) is 34.3 Å². The zero-order valence-corrected chi connectivity index (χ0v) is 13.3. The van der Waals surface area contributed by atoms with Crippen LogP contribution in [0.25, 0.3) is 0 Å². The first-order valence-electron chi connectivity index (χ1n) is 7.89. The Morgan fingerprint density at radius 1 is 1.41 bits per heavy atom. The van der Waals surface area contributed by atoms with Gasteiger partial charge in [-0.25, -0.2) is 0 Å². The number of thiophene rings is 1. The van der Waals surface area contributed by atoms with Crippen molar-refractivity contribution in [1.29, 1.82) is 0 Å². The lowest BCUT2D eigenvalue weighted by Crippen LogP contribution is -2.42. The number of fused-ring (bicyclic) bond motifs is 1. The second-order valence-corrected chi connectivity index (χ2v) is 7.15. The molecule has 5 heteroatoms. The van der Waals surface area contributed by atoms with Gasteiger partial charge in [0.15, 0.2) is 0 Å². The first-order valence-corrected chi connectivity index (χ1v) is 8.77. The minimum Gasteiger partial charge on any atom is -0.468 e. The van der Waals surface area contributed by atoms with Gasteiger partial charge in [-0.3, -0.25) is 9.69 Å². The zero-order valence-electron chi connectivity index (χ0n) is 12.5. The van der Waals surface area contributed by atoms with Crippen LogP contribution in [-0.2, 0) is 24.3 Å². The molecule has 0 radical (unpaired) electrons. The van der Waals surface area contributed by atoms with Gasteiger partial charge in [0.25, 0.3) is 0 Å². The Balaban J connectivity index is 1.40. The largest absolute Gasteiger partial charge is 0.468 e. The van der Waals surface area contributed by atoms with E-state index in [0.29, 0.717) is 12.6 Å². The van der Waals surface area contributed by atoms with E-state index in [4.69, 9.17) is 4.42 Å². The maximum atomic E-state index is 12.7. The van der Waals surface area contributed by atoms with Crippen LogP contribution < -0.4 is 0 Å². The zero-order chi connectivity index (χ0) is 14.9. The maximum Gasteiger partial charge on any atom is 0.237 e. The summed E-state index contributed by atoms with van der Waals surface area (Å²) in [6.45, 7) is 2.87. The van der Waals surface area contributed by atoms with Gasteiger partial charge >= 0.3 is 0 Å². The van der Waals surface area contributed by atoms with E-state index in [9.17, 15) is 4.79 Å². The Morgan fingerprint density at radius 3 is 3.09 bits per heavy atom. The molecule has 1 saturated carbocycles. The van der Waals surface area contributed by atoms with E-state index >= 15 is 0 Å². The molecule has 2 aromatic heterocycles. The summed E-state index contributed by atoms with van der Waals surface area (Å²) in [6, 6.07) is 6.60. The highest BCUT2D eigenvalue weighted by atomic mass is 32.1. The highest BCUT2D eigenvalue weighted by molar-refractivity contribution is 7.10. The molecule has 2 aromatic rings. The van der Waals surface area contributed by atoms with Crippen molar-refractivity contribution < 1.29 is 9.21 Å². The van der Waals surface area contributed by atoms with Crippen molar-refractivity contribution in [2.45, 2.75) is 38.4 Å². The van der Waals surface area contributed by atoms with E-state index in [2.05, 4.69) is 16.3 Å². The molecule has 2 aliphatic rings. The van der Waals surface area contributed by atoms with Crippen LogP contribution in [0.2, 0.25) is 0 Å². The number of hydrogen-bond acceptors (Lipinski definition) is 4. The minimum absolute atomic E-state index is 0.246. The van der Waals surface area contributed by atoms with Crippen LogP contribution in [0, 0.1) is 0 Å². The number of hydrogen-bond donors (Lipinski definition) is 0. The van der Waals surface area contributed by atoms with Gasteiger partial charge in [0, 0.05) is 24.0 Å². The molecular formula is C17H20N2O2S. The van der Waals surface area contributed by atoms with E-state index in [0.717, 1.165) is 31.8 Å². The molecule has 4 rings (SSSR count). The summed E-state index contributed by atoms with van der Waals surface area (Å²) >= 11 is 1.81. The number of amides is 1. The predicted octanol–water partition coefficient (Wildman–Crippen LogP) is 2.89. The summed E-state index contributed by atoms with van der Waals surface area (Å²) < 4.78 is 5.44. The maximum absolute atomic E-state index is 12.7. The van der Waals surface area contributed by atoms with Crippen LogP contribution in [0.1, 0.15) is 29.0 Å². The van der Waals surface area contributed by atoms with Gasteiger partial charge in [-0.05, 0) is 48.4 Å². The van der Waals surface area contributed by atoms with Gasteiger partial charge in [-0.15, -0.1) is 11.3 Å². The van der Waals surface area contributed by atoms with Crippen molar-refractivity contribution in [3.8, 4) is 0 Å². The van der Waals surface area contributed by atoms with Crippen molar-refractivity contribution in [2.24, 2.45) is 0 Å². The highest BCUT2D eigenvalue weighted by Gasteiger charge is 2.32. The third-order valence-electron chi connectivity index (χ3n) is 4.50. The molecule has 1 aliphatic heterocycles. The van der Waals surface area contributed by atoms with Gasteiger partial charge in [-0.1, -0.05) is 0 Å². The Kier molecular flexibility index (Phi) is 3.76. The molecule has 0 aromatic carbocycles. The van der Waals surface area contributed by atoms with Crippen molar-refractivity contribution >= 4 is 17.2 Å². The molecule has 0 spiro atoms. The number of nitrogens with zero attached hydrogens (tertiary/aromatic N) is 2. The molecule has 0 N–H and O–H groups in total. The van der Waals surface area contributed by atoms with Crippen molar-refractivity contribution in [1.82, 2.24) is 9.80 Å². The van der Waals surface area contributed by atoms with Gasteiger partial charge in [0.2, 0.25) is 5.91 Å². The lowest BCUT2D eigenvalue weighted by Gasteiger charge is -2.30. The third kappa shape index (κ3) is 2.96. The lowest BCUT2D eigenvalue weighted by molar-refractivity contribution is -0.133. The molecule has 22 heavy (non-hydrogen) atoms. The van der Waals surface area contributed by atoms with Gasteiger partial charge < -0.3 is 9.32 Å². The van der Waals surface area contributed by atoms with Crippen LogP contribution in [0.3, 0.4) is 0 Å². The predicted molar refractivity (Wildman–Crippen MR) is 85.6 cm³/mol. The average molecular weight is 316 g/mol. The first kappa shape index (κ1) is 14.0. The minimum atomic E-state index is 0.246. The SMILES string of the molecule is O=C(CN(Cc1ccco1)C1CC1)N1CCc2sccc2C1. The van der Waals surface area contributed by atoms with Crippen LogP contribution in [0.4, 0.5) is 0 Å². The first-order chi connectivity index (χ1) is 10.8. The highest BCUT2D eigenvalue weighted by Crippen LogP contribution is 2.29. The molecule has 0 unspecified atom stereocenters. The summed E-state index contributed by atoms with van der Waals surface area (Å²) in [5.74, 6) is 1.19. The van der Waals surface area contributed by atoms with E-state index < -0.39 is 0 Å². The van der Waals surface area contributed by atoms with E-state index in [1.54, 1.807) is 6.26 Å². The number of rotatable bonds is 5. The number of furan rings is 1. The van der Waals surface area contributed by atoms with Crippen LogP contribution >= 0.6 is 11.3 Å². The average Bonchev–Trinajstić information content (AvgIpc) is 3.06. The third-order valence-corrected chi connectivity index (χ3v) is 5.52. The van der Waals surface area contributed by atoms with Crippen LogP contribution in [0.5, 0.6) is 0 Å². The van der Waals surface area contributed by atoms with Gasteiger partial charge in [-0.2, -0.15) is 0 Å². The smallest absolute Gasteiger partial charge is 0.237 e. The molecule has 3 heterocycles. The van der Waals surface area contributed by atoms with E-state index in [-0.39, 0.29) is 5.91 Å². The van der Waals surface area contributed by atoms with Crippen LogP contribution in [-0.4, -0.2) is 34.8 Å². The normalized spacial score (nSPS) is 17.8. The Morgan fingerprint density at radius 2 is 2.32 bits per heavy atom. The number of carbonyl (C=O) groups excluding carboxylic acids is 1. The van der Waals surface area contributed by atoms with E-state index in [1.165, 1.54) is 23.3 Å². The van der Waals surface area contributed by atoms with Gasteiger partial charge in [0.05, 0.1) is 19.4 Å². The molecule has 0 bridgehead atoms. The van der Waals surface area contributed by atoms with Crippen molar-refractivity contribution in [2.75, 3.05) is 13.1 Å². The fraction of sp³-hybridized carbons (Fsp3) is 0.471. The monoisotopic (exact) mass is 316 g/mol. The Labute approximate surface area is 134 Å². The molecule has 1 aliphatic carbocycles. The summed E-state index contributed by atoms with van der Waals surface area (Å²) in [4.78, 5) is 18.4. The second kappa shape index (κ2) is 5.89. The molecular weight excluding hydrogens is 296 g/mol.